The number of anilines is 1. The number of nitrogens with one attached hydrogen (secondary N) is 1. The maximum atomic E-state index is 12.2. The fourth-order valence-electron chi connectivity index (χ4n) is 2.28. The number of halogens is 1. The van der Waals surface area contributed by atoms with Crippen LogP contribution in [-0.2, 0) is 6.42 Å². The van der Waals surface area contributed by atoms with Crippen LogP contribution in [0.25, 0.3) is 0 Å². The summed E-state index contributed by atoms with van der Waals surface area (Å²) in [5.41, 5.74) is 8.08. The van der Waals surface area contributed by atoms with Crippen LogP contribution >= 0.6 is 15.9 Å². The molecule has 1 aromatic heterocycles. The van der Waals surface area contributed by atoms with Crippen LogP contribution < -0.4 is 11.1 Å². The molecule has 1 amide bonds. The molecule has 0 aliphatic rings. The van der Waals surface area contributed by atoms with Gasteiger partial charge in [0.2, 0.25) is 5.89 Å². The maximum absolute atomic E-state index is 12.2. The number of carbonyl (C=O) groups excluding carboxylic acids is 1. The van der Waals surface area contributed by atoms with Gasteiger partial charge in [-0.05, 0) is 30.2 Å². The molecule has 0 spiro atoms. The van der Waals surface area contributed by atoms with Gasteiger partial charge in [-0.1, -0.05) is 52.3 Å². The van der Waals surface area contributed by atoms with Gasteiger partial charge in [-0.25, -0.2) is 4.98 Å². The third-order valence-electron chi connectivity index (χ3n) is 3.45. The Bertz CT molecular complexity index is 833. The lowest BCUT2D eigenvalue weighted by Gasteiger charge is -2.07. The van der Waals surface area contributed by atoms with E-state index in [4.69, 9.17) is 10.2 Å². The summed E-state index contributed by atoms with van der Waals surface area (Å²) in [7, 11) is 0. The molecule has 122 valence electrons. The Kier molecular flexibility index (Phi) is 5.08. The fraction of sp³-hybridized carbons (Fsp3) is 0.111. The van der Waals surface area contributed by atoms with Crippen molar-refractivity contribution in [1.29, 1.82) is 0 Å². The first kappa shape index (κ1) is 16.4. The van der Waals surface area contributed by atoms with E-state index in [0.717, 1.165) is 10.0 Å². The van der Waals surface area contributed by atoms with Crippen molar-refractivity contribution in [3.63, 3.8) is 0 Å². The molecule has 0 radical (unpaired) electrons. The second-order valence-electron chi connectivity index (χ2n) is 5.33. The number of aromatic nitrogens is 1. The van der Waals surface area contributed by atoms with Crippen molar-refractivity contribution in [3.8, 4) is 0 Å². The molecule has 0 bridgehead atoms. The van der Waals surface area contributed by atoms with Gasteiger partial charge in [-0.3, -0.25) is 4.79 Å². The Morgan fingerprint density at radius 1 is 1.21 bits per heavy atom. The van der Waals surface area contributed by atoms with Crippen molar-refractivity contribution in [2.45, 2.75) is 12.5 Å². The SMILES string of the molecule is NC(Cc1ccccc1)c1nc(C(=O)Nc2cccc(Br)c2)co1. The van der Waals surface area contributed by atoms with Gasteiger partial charge in [0, 0.05) is 10.2 Å². The molecule has 1 heterocycles. The first-order valence-electron chi connectivity index (χ1n) is 7.43. The van der Waals surface area contributed by atoms with Crippen LogP contribution in [0.2, 0.25) is 0 Å². The molecule has 0 fully saturated rings. The largest absolute Gasteiger partial charge is 0.446 e. The van der Waals surface area contributed by atoms with Crippen molar-refractivity contribution < 1.29 is 9.21 Å². The van der Waals surface area contributed by atoms with Crippen molar-refractivity contribution in [2.75, 3.05) is 5.32 Å². The highest BCUT2D eigenvalue weighted by Crippen LogP contribution is 2.18. The minimum absolute atomic E-state index is 0.202. The van der Waals surface area contributed by atoms with Crippen molar-refractivity contribution in [3.05, 3.63) is 82.5 Å². The molecule has 3 N–H and O–H groups in total. The van der Waals surface area contributed by atoms with Crippen molar-refractivity contribution in [1.82, 2.24) is 4.98 Å². The van der Waals surface area contributed by atoms with Crippen LogP contribution in [0, 0.1) is 0 Å². The minimum Gasteiger partial charge on any atom is -0.446 e. The molecular formula is C18H16BrN3O2. The van der Waals surface area contributed by atoms with Gasteiger partial charge in [0.05, 0.1) is 6.04 Å². The molecule has 1 atom stereocenters. The highest BCUT2D eigenvalue weighted by molar-refractivity contribution is 9.10. The van der Waals surface area contributed by atoms with Crippen LogP contribution in [0.5, 0.6) is 0 Å². The summed E-state index contributed by atoms with van der Waals surface area (Å²) in [5.74, 6) is 0.00764. The molecule has 5 nitrogen and oxygen atoms in total. The topological polar surface area (TPSA) is 81.1 Å². The normalized spacial score (nSPS) is 11.9. The fourth-order valence-corrected chi connectivity index (χ4v) is 2.68. The van der Waals surface area contributed by atoms with E-state index < -0.39 is 6.04 Å². The van der Waals surface area contributed by atoms with E-state index in [-0.39, 0.29) is 11.6 Å². The molecule has 2 aromatic carbocycles. The smallest absolute Gasteiger partial charge is 0.277 e. The average Bonchev–Trinajstić information content (AvgIpc) is 3.06. The second-order valence-corrected chi connectivity index (χ2v) is 6.25. The molecule has 1 unspecified atom stereocenters. The van der Waals surface area contributed by atoms with Crippen LogP contribution in [0.4, 0.5) is 5.69 Å². The number of amides is 1. The van der Waals surface area contributed by atoms with Gasteiger partial charge in [-0.15, -0.1) is 0 Å². The summed E-state index contributed by atoms with van der Waals surface area (Å²) in [6.45, 7) is 0. The number of hydrogen-bond donors (Lipinski definition) is 2. The van der Waals surface area contributed by atoms with E-state index in [9.17, 15) is 4.79 Å². The number of benzene rings is 2. The summed E-state index contributed by atoms with van der Waals surface area (Å²) in [6, 6.07) is 16.8. The van der Waals surface area contributed by atoms with Crippen LogP contribution in [0.15, 0.2) is 69.8 Å². The number of hydrogen-bond acceptors (Lipinski definition) is 4. The number of carbonyl (C=O) groups is 1. The van der Waals surface area contributed by atoms with Gasteiger partial charge >= 0.3 is 0 Å². The monoisotopic (exact) mass is 385 g/mol. The molecule has 3 rings (SSSR count). The van der Waals surface area contributed by atoms with Gasteiger partial charge in [0.25, 0.3) is 5.91 Å². The van der Waals surface area contributed by atoms with E-state index in [1.165, 1.54) is 6.26 Å². The number of rotatable bonds is 5. The minimum atomic E-state index is -0.403. The van der Waals surface area contributed by atoms with Crippen molar-refractivity contribution >= 4 is 27.5 Å². The summed E-state index contributed by atoms with van der Waals surface area (Å²) in [6.07, 6.45) is 1.92. The van der Waals surface area contributed by atoms with Gasteiger partial charge < -0.3 is 15.5 Å². The first-order chi connectivity index (χ1) is 11.6. The lowest BCUT2D eigenvalue weighted by molar-refractivity contribution is 0.102. The summed E-state index contributed by atoms with van der Waals surface area (Å²) < 4.78 is 6.26. The Morgan fingerprint density at radius 3 is 2.75 bits per heavy atom. The van der Waals surface area contributed by atoms with E-state index in [2.05, 4.69) is 26.2 Å². The van der Waals surface area contributed by atoms with E-state index in [1.807, 2.05) is 42.5 Å². The zero-order chi connectivity index (χ0) is 16.9. The zero-order valence-electron chi connectivity index (χ0n) is 12.8. The average molecular weight is 386 g/mol. The Hall–Kier alpha value is -2.44. The van der Waals surface area contributed by atoms with Crippen molar-refractivity contribution in [2.24, 2.45) is 5.73 Å². The zero-order valence-corrected chi connectivity index (χ0v) is 14.4. The highest BCUT2D eigenvalue weighted by Gasteiger charge is 2.17. The molecule has 0 aliphatic heterocycles. The Morgan fingerprint density at radius 2 is 2.00 bits per heavy atom. The third-order valence-corrected chi connectivity index (χ3v) is 3.95. The number of nitrogens with two attached hydrogens (primary N) is 1. The highest BCUT2D eigenvalue weighted by atomic mass is 79.9. The lowest BCUT2D eigenvalue weighted by atomic mass is 10.1. The van der Waals surface area contributed by atoms with Crippen LogP contribution in [0.3, 0.4) is 0 Å². The molecule has 3 aromatic rings. The Balaban J connectivity index is 1.67. The number of oxazole rings is 1. The molecule has 0 saturated carbocycles. The summed E-state index contributed by atoms with van der Waals surface area (Å²) in [5, 5.41) is 2.77. The van der Waals surface area contributed by atoms with Gasteiger partial charge in [-0.2, -0.15) is 0 Å². The van der Waals surface area contributed by atoms with E-state index >= 15 is 0 Å². The van der Waals surface area contributed by atoms with Gasteiger partial charge in [0.15, 0.2) is 5.69 Å². The van der Waals surface area contributed by atoms with E-state index in [0.29, 0.717) is 18.0 Å². The summed E-state index contributed by atoms with van der Waals surface area (Å²) in [4.78, 5) is 16.4. The molecular weight excluding hydrogens is 370 g/mol. The lowest BCUT2D eigenvalue weighted by Crippen LogP contribution is -2.16. The summed E-state index contributed by atoms with van der Waals surface area (Å²) >= 11 is 3.36. The molecule has 6 heteroatoms. The molecule has 24 heavy (non-hydrogen) atoms. The molecule has 0 saturated heterocycles. The molecule has 0 aliphatic carbocycles. The predicted octanol–water partition coefficient (Wildman–Crippen LogP) is 3.93. The Labute approximate surface area is 148 Å². The van der Waals surface area contributed by atoms with Crippen LogP contribution in [0.1, 0.15) is 28.0 Å². The van der Waals surface area contributed by atoms with Gasteiger partial charge in [0.1, 0.15) is 6.26 Å². The predicted molar refractivity (Wildman–Crippen MR) is 95.7 cm³/mol. The first-order valence-corrected chi connectivity index (χ1v) is 8.23. The third kappa shape index (κ3) is 4.10. The quantitative estimate of drug-likeness (QED) is 0.696. The maximum Gasteiger partial charge on any atom is 0.277 e. The number of nitrogens with zero attached hydrogens (tertiary/aromatic N) is 1. The van der Waals surface area contributed by atoms with Crippen LogP contribution in [-0.4, -0.2) is 10.9 Å². The standard InChI is InChI=1S/C18H16BrN3O2/c19-13-7-4-8-14(10-13)21-17(23)16-11-24-18(22-16)15(20)9-12-5-2-1-3-6-12/h1-8,10-11,15H,9,20H2,(H,21,23). The second kappa shape index (κ2) is 7.42. The van der Waals surface area contributed by atoms with E-state index in [1.54, 1.807) is 12.1 Å².